The highest BCUT2D eigenvalue weighted by Gasteiger charge is 2.19. The molecule has 9 heteroatoms. The molecule has 0 aliphatic carbocycles. The van der Waals surface area contributed by atoms with Gasteiger partial charge in [0.15, 0.2) is 0 Å². The van der Waals surface area contributed by atoms with Gasteiger partial charge in [0.1, 0.15) is 0 Å². The quantitative estimate of drug-likeness (QED) is 0.685. The van der Waals surface area contributed by atoms with E-state index >= 15 is 0 Å². The van der Waals surface area contributed by atoms with E-state index in [4.69, 9.17) is 28.3 Å². The molecule has 1 heterocycles. The van der Waals surface area contributed by atoms with Crippen molar-refractivity contribution in [2.75, 3.05) is 18.5 Å². The van der Waals surface area contributed by atoms with Gasteiger partial charge >= 0.3 is 11.8 Å². The number of hydrogen-bond donors (Lipinski definition) is 3. The van der Waals surface area contributed by atoms with Crippen LogP contribution in [0.4, 0.5) is 5.69 Å². The summed E-state index contributed by atoms with van der Waals surface area (Å²) in [4.78, 5) is 23.5. The monoisotopic (exact) mass is 384 g/mol. The molecule has 0 aliphatic rings. The van der Waals surface area contributed by atoms with Crippen molar-refractivity contribution in [3.8, 4) is 0 Å². The van der Waals surface area contributed by atoms with Gasteiger partial charge in [0.25, 0.3) is 0 Å². The first-order chi connectivity index (χ1) is 11.8. The molecule has 25 heavy (non-hydrogen) atoms. The molecule has 0 fully saturated rings. The van der Waals surface area contributed by atoms with Crippen molar-refractivity contribution in [2.45, 2.75) is 20.4 Å². The van der Waals surface area contributed by atoms with E-state index in [1.807, 2.05) is 6.07 Å². The van der Waals surface area contributed by atoms with Gasteiger partial charge in [-0.05, 0) is 31.5 Å². The third-order valence-electron chi connectivity index (χ3n) is 3.56. The smallest absolute Gasteiger partial charge is 0.313 e. The van der Waals surface area contributed by atoms with E-state index in [0.29, 0.717) is 33.7 Å². The number of hydrogen-bond acceptors (Lipinski definition) is 4. The minimum absolute atomic E-state index is 0.0124. The van der Waals surface area contributed by atoms with Crippen molar-refractivity contribution in [3.63, 3.8) is 0 Å². The third kappa shape index (κ3) is 4.72. The minimum Gasteiger partial charge on any atom is -0.395 e. The molecule has 1 aromatic heterocycles. The van der Waals surface area contributed by atoms with Crippen LogP contribution in [-0.2, 0) is 16.1 Å². The number of carbonyl (C=O) groups is 2. The molecular formula is C16H18Cl2N4O3. The molecule has 0 saturated carbocycles. The number of halogens is 2. The lowest BCUT2D eigenvalue weighted by atomic mass is 10.2. The molecule has 0 radical (unpaired) electrons. The normalized spacial score (nSPS) is 10.6. The number of benzene rings is 1. The van der Waals surface area contributed by atoms with Gasteiger partial charge in [0.2, 0.25) is 0 Å². The van der Waals surface area contributed by atoms with Crippen LogP contribution in [0.5, 0.6) is 0 Å². The van der Waals surface area contributed by atoms with Crippen molar-refractivity contribution in [1.29, 1.82) is 0 Å². The Morgan fingerprint density at radius 3 is 2.60 bits per heavy atom. The third-order valence-corrected chi connectivity index (χ3v) is 4.15. The number of carbonyl (C=O) groups excluding carboxylic acids is 2. The number of aryl methyl sites for hydroxylation is 1. The summed E-state index contributed by atoms with van der Waals surface area (Å²) in [5.74, 6) is -1.63. The molecule has 3 N–H and O–H groups in total. The SMILES string of the molecule is Cc1nn(Cc2ccc(Cl)cc2Cl)c(C)c1NC(=O)C(=O)NCCO. The second-order valence-electron chi connectivity index (χ2n) is 5.37. The maximum atomic E-state index is 11.9. The van der Waals surface area contributed by atoms with Crippen molar-refractivity contribution >= 4 is 40.7 Å². The molecule has 2 aromatic rings. The summed E-state index contributed by atoms with van der Waals surface area (Å²) >= 11 is 12.1. The first-order valence-corrected chi connectivity index (χ1v) is 8.27. The average molecular weight is 385 g/mol. The van der Waals surface area contributed by atoms with Crippen LogP contribution < -0.4 is 10.6 Å². The molecular weight excluding hydrogens is 367 g/mol. The number of rotatable bonds is 5. The fraction of sp³-hybridized carbons (Fsp3) is 0.312. The first-order valence-electron chi connectivity index (χ1n) is 7.51. The summed E-state index contributed by atoms with van der Waals surface area (Å²) in [5.41, 5.74) is 2.56. The summed E-state index contributed by atoms with van der Waals surface area (Å²) < 4.78 is 1.69. The zero-order chi connectivity index (χ0) is 18.6. The maximum Gasteiger partial charge on any atom is 0.313 e. The fourth-order valence-corrected chi connectivity index (χ4v) is 2.73. The van der Waals surface area contributed by atoms with Gasteiger partial charge in [-0.15, -0.1) is 0 Å². The summed E-state index contributed by atoms with van der Waals surface area (Å²) in [6, 6.07) is 5.20. The Morgan fingerprint density at radius 1 is 1.24 bits per heavy atom. The van der Waals surface area contributed by atoms with E-state index in [1.165, 1.54) is 0 Å². The van der Waals surface area contributed by atoms with E-state index in [1.54, 1.807) is 30.7 Å². The fourth-order valence-electron chi connectivity index (χ4n) is 2.26. The van der Waals surface area contributed by atoms with E-state index in [9.17, 15) is 9.59 Å². The average Bonchev–Trinajstić information content (AvgIpc) is 2.82. The highest BCUT2D eigenvalue weighted by molar-refractivity contribution is 6.39. The zero-order valence-electron chi connectivity index (χ0n) is 13.8. The lowest BCUT2D eigenvalue weighted by Gasteiger charge is -2.09. The molecule has 7 nitrogen and oxygen atoms in total. The van der Waals surface area contributed by atoms with Crippen molar-refractivity contribution < 1.29 is 14.7 Å². The van der Waals surface area contributed by atoms with Crippen molar-refractivity contribution in [1.82, 2.24) is 15.1 Å². The highest BCUT2D eigenvalue weighted by atomic mass is 35.5. The number of amides is 2. The Labute approximate surface area is 154 Å². The molecule has 0 atom stereocenters. The standard InChI is InChI=1S/C16H18Cl2N4O3/c1-9-14(20-16(25)15(24)19-5-6-23)10(2)22(21-9)8-11-3-4-12(17)7-13(11)18/h3-4,7,23H,5-6,8H2,1-2H3,(H,19,24)(H,20,25). The van der Waals surface area contributed by atoms with Gasteiger partial charge in [-0.3, -0.25) is 14.3 Å². The van der Waals surface area contributed by atoms with Crippen LogP contribution in [0.3, 0.4) is 0 Å². The molecule has 0 unspecified atom stereocenters. The van der Waals surface area contributed by atoms with E-state index in [0.717, 1.165) is 5.56 Å². The molecule has 0 spiro atoms. The van der Waals surface area contributed by atoms with Gasteiger partial charge in [0.05, 0.1) is 30.2 Å². The summed E-state index contributed by atoms with van der Waals surface area (Å²) in [6.45, 7) is 3.68. The molecule has 0 bridgehead atoms. The van der Waals surface area contributed by atoms with Crippen LogP contribution in [0, 0.1) is 13.8 Å². The van der Waals surface area contributed by atoms with Crippen LogP contribution in [0.2, 0.25) is 10.0 Å². The zero-order valence-corrected chi connectivity index (χ0v) is 15.3. The van der Waals surface area contributed by atoms with Crippen LogP contribution >= 0.6 is 23.2 Å². The molecule has 0 aliphatic heterocycles. The van der Waals surface area contributed by atoms with E-state index in [-0.39, 0.29) is 13.2 Å². The molecule has 1 aromatic carbocycles. The Morgan fingerprint density at radius 2 is 1.96 bits per heavy atom. The predicted octanol–water partition coefficient (Wildman–Crippen LogP) is 1.90. The van der Waals surface area contributed by atoms with Crippen molar-refractivity contribution in [3.05, 3.63) is 45.2 Å². The van der Waals surface area contributed by atoms with Gasteiger partial charge in [-0.1, -0.05) is 29.3 Å². The number of anilines is 1. The number of aliphatic hydroxyl groups excluding tert-OH is 1. The first kappa shape index (κ1) is 19.2. The van der Waals surface area contributed by atoms with Gasteiger partial charge in [-0.25, -0.2) is 0 Å². The molecule has 134 valence electrons. The Bertz CT molecular complexity index is 805. The van der Waals surface area contributed by atoms with Gasteiger partial charge < -0.3 is 15.7 Å². The van der Waals surface area contributed by atoms with Crippen LogP contribution in [0.1, 0.15) is 17.0 Å². The summed E-state index contributed by atoms with van der Waals surface area (Å²) in [6.07, 6.45) is 0. The number of nitrogens with zero attached hydrogens (tertiary/aromatic N) is 2. The maximum absolute atomic E-state index is 11.9. The second kappa shape index (κ2) is 8.33. The Balaban J connectivity index is 2.17. The summed E-state index contributed by atoms with van der Waals surface area (Å²) in [5, 5.41) is 19.0. The Hall–Kier alpha value is -2.09. The van der Waals surface area contributed by atoms with E-state index in [2.05, 4.69) is 15.7 Å². The summed E-state index contributed by atoms with van der Waals surface area (Å²) in [7, 11) is 0. The van der Waals surface area contributed by atoms with Crippen LogP contribution in [0.15, 0.2) is 18.2 Å². The molecule has 0 saturated heterocycles. The largest absolute Gasteiger partial charge is 0.395 e. The minimum atomic E-state index is -0.818. The van der Waals surface area contributed by atoms with Crippen LogP contribution in [0.25, 0.3) is 0 Å². The van der Waals surface area contributed by atoms with Gasteiger partial charge in [0, 0.05) is 16.6 Å². The highest BCUT2D eigenvalue weighted by Crippen LogP contribution is 2.24. The topological polar surface area (TPSA) is 96.2 Å². The number of nitrogens with one attached hydrogen (secondary N) is 2. The van der Waals surface area contributed by atoms with Crippen LogP contribution in [-0.4, -0.2) is 39.9 Å². The molecule has 2 amide bonds. The van der Waals surface area contributed by atoms with Crippen molar-refractivity contribution in [2.24, 2.45) is 0 Å². The van der Waals surface area contributed by atoms with E-state index < -0.39 is 11.8 Å². The van der Waals surface area contributed by atoms with Gasteiger partial charge in [-0.2, -0.15) is 5.10 Å². The molecule has 2 rings (SSSR count). The predicted molar refractivity (Wildman–Crippen MR) is 96.0 cm³/mol. The number of aromatic nitrogens is 2. The Kier molecular flexibility index (Phi) is 6.41. The lowest BCUT2D eigenvalue weighted by molar-refractivity contribution is -0.136. The number of aliphatic hydroxyl groups is 1. The second-order valence-corrected chi connectivity index (χ2v) is 6.22. The lowest BCUT2D eigenvalue weighted by Crippen LogP contribution is -2.37.